The van der Waals surface area contributed by atoms with E-state index >= 15 is 0 Å². The van der Waals surface area contributed by atoms with Crippen molar-refractivity contribution in [3.63, 3.8) is 0 Å². The summed E-state index contributed by atoms with van der Waals surface area (Å²) in [6, 6.07) is 0. The van der Waals surface area contributed by atoms with Gasteiger partial charge in [0.15, 0.2) is 0 Å². The smallest absolute Gasteiger partial charge is 0.322 e. The maximum absolute atomic E-state index is 10.5. The molecule has 6 heteroatoms. The van der Waals surface area contributed by atoms with Crippen LogP contribution in [-0.2, 0) is 4.79 Å². The fourth-order valence-electron chi connectivity index (χ4n) is 0.835. The molecule has 0 saturated carbocycles. The van der Waals surface area contributed by atoms with E-state index in [4.69, 9.17) is 39.9 Å². The van der Waals surface area contributed by atoms with E-state index in [1.54, 1.807) is 13.8 Å². The van der Waals surface area contributed by atoms with Crippen LogP contribution in [0.5, 0.6) is 0 Å². The van der Waals surface area contributed by atoms with Crippen molar-refractivity contribution in [1.29, 1.82) is 0 Å². The molecule has 0 radical (unpaired) electrons. The highest BCUT2D eigenvalue weighted by molar-refractivity contribution is 6.44. The van der Waals surface area contributed by atoms with Crippen LogP contribution in [0.3, 0.4) is 0 Å². The van der Waals surface area contributed by atoms with Gasteiger partial charge >= 0.3 is 5.97 Å². The van der Waals surface area contributed by atoms with Crippen molar-refractivity contribution in [2.24, 2.45) is 5.41 Å². The number of carbonyl (C=O) groups is 1. The highest BCUT2D eigenvalue weighted by Crippen LogP contribution is 2.33. The van der Waals surface area contributed by atoms with Crippen molar-refractivity contribution in [2.45, 2.75) is 30.5 Å². The maximum Gasteiger partial charge on any atom is 0.322 e. The van der Waals surface area contributed by atoms with Crippen LogP contribution in [0.15, 0.2) is 0 Å². The van der Waals surface area contributed by atoms with Gasteiger partial charge in [-0.15, -0.1) is 47.2 Å². The van der Waals surface area contributed by atoms with Gasteiger partial charge in [0, 0.05) is 0 Å². The summed E-state index contributed by atoms with van der Waals surface area (Å²) in [5.74, 6) is -1.05. The molecule has 0 aliphatic heterocycles. The molecule has 0 rings (SSSR count). The molecule has 0 aromatic carbocycles. The summed E-state index contributed by atoms with van der Waals surface area (Å²) >= 11 is 16.7. The summed E-state index contributed by atoms with van der Waals surface area (Å²) < 4.78 is 0. The lowest BCUT2D eigenvalue weighted by atomic mass is 9.86. The molecular weight excluding hydrogens is 258 g/mol. The number of alkyl halides is 3. The molecule has 80 valence electrons. The molecule has 0 bridgehead atoms. The van der Waals surface area contributed by atoms with Gasteiger partial charge in [-0.1, -0.05) is 13.8 Å². The first-order chi connectivity index (χ1) is 5.27. The monoisotopic (exact) mass is 268 g/mol. The van der Waals surface area contributed by atoms with Crippen molar-refractivity contribution in [3.8, 4) is 0 Å². The molecule has 0 aliphatic carbocycles. The van der Waals surface area contributed by atoms with Crippen molar-refractivity contribution in [1.82, 2.24) is 0 Å². The zero-order valence-electron chi connectivity index (χ0n) is 7.26. The molecule has 0 aromatic rings. The molecule has 1 atom stereocenters. The topological polar surface area (TPSA) is 37.3 Å². The highest BCUT2D eigenvalue weighted by Gasteiger charge is 2.34. The van der Waals surface area contributed by atoms with Crippen LogP contribution in [0, 0.1) is 5.41 Å². The van der Waals surface area contributed by atoms with Crippen LogP contribution in [-0.4, -0.2) is 21.3 Å². The second kappa shape index (κ2) is 6.18. The lowest BCUT2D eigenvalue weighted by molar-refractivity contribution is -0.138. The fraction of sp³-hybridized carbons (Fsp3) is 0.857. The molecule has 2 nitrogen and oxygen atoms in total. The fourth-order valence-corrected chi connectivity index (χ4v) is 1.72. The Labute approximate surface area is 98.9 Å². The predicted octanol–water partition coefficient (Wildman–Crippen LogP) is 3.32. The van der Waals surface area contributed by atoms with E-state index in [1.807, 2.05) is 0 Å². The number of carboxylic acids is 1. The highest BCUT2D eigenvalue weighted by atomic mass is 35.5. The van der Waals surface area contributed by atoms with Gasteiger partial charge in [0.1, 0.15) is 10.2 Å². The van der Waals surface area contributed by atoms with Gasteiger partial charge in [0.25, 0.3) is 0 Å². The maximum atomic E-state index is 10.5. The standard InChI is InChI=1S/C7H11Cl3O2.ClH/c1-7(2,3-4(8)9)5(10)6(11)12;/h4-5H,3H2,1-2H3,(H,11,12);1H. The van der Waals surface area contributed by atoms with Crippen molar-refractivity contribution < 1.29 is 9.90 Å². The van der Waals surface area contributed by atoms with Crippen LogP contribution < -0.4 is 0 Å². The lowest BCUT2D eigenvalue weighted by Crippen LogP contribution is -2.33. The van der Waals surface area contributed by atoms with Gasteiger partial charge < -0.3 is 5.11 Å². The average molecular weight is 270 g/mol. The quantitative estimate of drug-likeness (QED) is 0.795. The molecule has 1 N–H and O–H groups in total. The summed E-state index contributed by atoms with van der Waals surface area (Å²) in [5.41, 5.74) is -0.596. The minimum atomic E-state index is -1.05. The van der Waals surface area contributed by atoms with Crippen LogP contribution in [0.25, 0.3) is 0 Å². The van der Waals surface area contributed by atoms with Gasteiger partial charge in [0.2, 0.25) is 0 Å². The van der Waals surface area contributed by atoms with E-state index in [9.17, 15) is 4.79 Å². The number of hydrogen-bond acceptors (Lipinski definition) is 1. The first-order valence-corrected chi connectivity index (χ1v) is 4.73. The summed E-state index contributed by atoms with van der Waals surface area (Å²) in [4.78, 5) is 9.93. The first kappa shape index (κ1) is 16.1. The van der Waals surface area contributed by atoms with Crippen molar-refractivity contribution >= 4 is 53.2 Å². The van der Waals surface area contributed by atoms with Crippen LogP contribution in [0.2, 0.25) is 0 Å². The Morgan fingerprint density at radius 1 is 1.38 bits per heavy atom. The molecule has 1 unspecified atom stereocenters. The van der Waals surface area contributed by atoms with E-state index in [0.29, 0.717) is 6.42 Å². The van der Waals surface area contributed by atoms with Crippen molar-refractivity contribution in [3.05, 3.63) is 0 Å². The normalized spacial score (nSPS) is 13.7. The summed E-state index contributed by atoms with van der Waals surface area (Å²) in [6.07, 6.45) is 0.358. The second-order valence-electron chi connectivity index (χ2n) is 3.28. The van der Waals surface area contributed by atoms with E-state index in [0.717, 1.165) is 0 Å². The summed E-state index contributed by atoms with van der Waals surface area (Å²) in [5, 5.41) is 7.65. The molecular formula is C7H12Cl4O2. The third kappa shape index (κ3) is 5.84. The predicted molar refractivity (Wildman–Crippen MR) is 58.4 cm³/mol. The van der Waals surface area contributed by atoms with E-state index in [1.165, 1.54) is 0 Å². The molecule has 0 amide bonds. The molecule has 0 aromatic heterocycles. The van der Waals surface area contributed by atoms with Gasteiger partial charge in [0.05, 0.1) is 0 Å². The van der Waals surface area contributed by atoms with Crippen LogP contribution >= 0.6 is 47.2 Å². The number of hydrogen-bond donors (Lipinski definition) is 1. The largest absolute Gasteiger partial charge is 0.480 e. The van der Waals surface area contributed by atoms with Gasteiger partial charge in [-0.05, 0) is 11.8 Å². The molecule has 0 fully saturated rings. The second-order valence-corrected chi connectivity index (χ2v) is 5.00. The van der Waals surface area contributed by atoms with Gasteiger partial charge in [-0.25, -0.2) is 0 Å². The number of rotatable bonds is 4. The van der Waals surface area contributed by atoms with E-state index < -0.39 is 21.6 Å². The molecule has 0 saturated heterocycles. The van der Waals surface area contributed by atoms with E-state index in [2.05, 4.69) is 0 Å². The Morgan fingerprint density at radius 3 is 2.00 bits per heavy atom. The number of carboxylic acid groups (broad SMARTS) is 1. The molecule has 0 heterocycles. The average Bonchev–Trinajstić information content (AvgIpc) is 1.82. The molecule has 0 spiro atoms. The Morgan fingerprint density at radius 2 is 1.77 bits per heavy atom. The third-order valence-corrected chi connectivity index (χ3v) is 2.67. The SMILES string of the molecule is CC(C)(CC(Cl)Cl)C(Cl)C(=O)O.Cl. The third-order valence-electron chi connectivity index (χ3n) is 1.58. The Kier molecular flexibility index (Phi) is 7.64. The Bertz CT molecular complexity index is 170. The van der Waals surface area contributed by atoms with Gasteiger partial charge in [-0.3, -0.25) is 4.79 Å². The molecule has 13 heavy (non-hydrogen) atoms. The molecule has 0 aliphatic rings. The number of halogens is 4. The Hall–Kier alpha value is 0.630. The number of aliphatic carboxylic acids is 1. The van der Waals surface area contributed by atoms with Crippen LogP contribution in [0.1, 0.15) is 20.3 Å². The minimum absolute atomic E-state index is 0. The van der Waals surface area contributed by atoms with Crippen LogP contribution in [0.4, 0.5) is 0 Å². The van der Waals surface area contributed by atoms with Gasteiger partial charge in [-0.2, -0.15) is 0 Å². The zero-order valence-corrected chi connectivity index (χ0v) is 10.3. The van der Waals surface area contributed by atoms with E-state index in [-0.39, 0.29) is 12.4 Å². The first-order valence-electron chi connectivity index (χ1n) is 3.42. The van der Waals surface area contributed by atoms with Crippen molar-refractivity contribution in [2.75, 3.05) is 0 Å². The lowest BCUT2D eigenvalue weighted by Gasteiger charge is -2.27. The summed E-state index contributed by atoms with van der Waals surface area (Å²) in [6.45, 7) is 3.44. The Balaban J connectivity index is 0. The zero-order chi connectivity index (χ0) is 9.94. The minimum Gasteiger partial charge on any atom is -0.480 e. The summed E-state index contributed by atoms with van der Waals surface area (Å²) in [7, 11) is 0.